The minimum Gasteiger partial charge on any atom is -0.435 e. The van der Waals surface area contributed by atoms with Crippen LogP contribution in [0.1, 0.15) is 15.9 Å². The molecule has 2 amide bonds. The molecule has 0 unspecified atom stereocenters. The summed E-state index contributed by atoms with van der Waals surface area (Å²) in [4.78, 5) is 32.4. The summed E-state index contributed by atoms with van der Waals surface area (Å²) in [6.45, 7) is 0. The Hall–Kier alpha value is -5.06. The Morgan fingerprint density at radius 3 is 2.72 bits per heavy atom. The third kappa shape index (κ3) is 4.75. The number of fused-ring (bicyclic) bond motifs is 1. The number of carbonyl (C=O) groups excluding carboxylic acids is 2. The number of nitrogens with two attached hydrogens (primary N) is 1. The summed E-state index contributed by atoms with van der Waals surface area (Å²) in [6.07, 6.45) is 8.59. The van der Waals surface area contributed by atoms with Crippen LogP contribution in [0.4, 0.5) is 10.2 Å². The fourth-order valence-electron chi connectivity index (χ4n) is 3.67. The van der Waals surface area contributed by atoms with E-state index < -0.39 is 11.7 Å². The standard InChI is InChI=1S/C25H20FN7O3/c1-32-12-17(11-29-32)16-5-7-22-30-21(14-33(22)13-16)31-23(34)10-15-4-6-20(19(26)9-15)36-25-18(24(27)35)3-2-8-28-25/h2-9,11-14H,10H2,1H3,(H2,27,35)(H,31,34). The Balaban J connectivity index is 1.27. The zero-order valence-electron chi connectivity index (χ0n) is 19.1. The highest BCUT2D eigenvalue weighted by Crippen LogP contribution is 2.26. The third-order valence-corrected chi connectivity index (χ3v) is 5.36. The average molecular weight is 485 g/mol. The lowest BCUT2D eigenvalue weighted by Gasteiger charge is -2.09. The predicted octanol–water partition coefficient (Wildman–Crippen LogP) is 3.34. The highest BCUT2D eigenvalue weighted by atomic mass is 19.1. The number of aryl methyl sites for hydroxylation is 1. The van der Waals surface area contributed by atoms with E-state index in [1.165, 1.54) is 30.5 Å². The van der Waals surface area contributed by atoms with Crippen molar-refractivity contribution in [2.24, 2.45) is 12.8 Å². The zero-order valence-corrected chi connectivity index (χ0v) is 19.1. The van der Waals surface area contributed by atoms with Crippen molar-refractivity contribution >= 4 is 23.3 Å². The monoisotopic (exact) mass is 485 g/mol. The number of aromatic nitrogens is 5. The lowest BCUT2D eigenvalue weighted by molar-refractivity contribution is -0.115. The van der Waals surface area contributed by atoms with Crippen LogP contribution >= 0.6 is 0 Å². The molecule has 4 heterocycles. The fraction of sp³-hybridized carbons (Fsp3) is 0.0800. The Bertz CT molecular complexity index is 1610. The predicted molar refractivity (Wildman–Crippen MR) is 129 cm³/mol. The van der Waals surface area contributed by atoms with E-state index in [9.17, 15) is 14.0 Å². The summed E-state index contributed by atoms with van der Waals surface area (Å²) in [5.41, 5.74) is 8.33. The number of pyridine rings is 2. The molecule has 0 bridgehead atoms. The molecule has 0 aliphatic rings. The molecule has 0 fully saturated rings. The van der Waals surface area contributed by atoms with Gasteiger partial charge in [0.15, 0.2) is 17.4 Å². The van der Waals surface area contributed by atoms with Crippen molar-refractivity contribution in [2.45, 2.75) is 6.42 Å². The molecule has 4 aromatic heterocycles. The number of benzene rings is 1. The van der Waals surface area contributed by atoms with E-state index >= 15 is 0 Å². The van der Waals surface area contributed by atoms with Gasteiger partial charge in [0.1, 0.15) is 11.2 Å². The second kappa shape index (κ2) is 9.29. The van der Waals surface area contributed by atoms with E-state index in [1.54, 1.807) is 23.1 Å². The molecule has 5 aromatic rings. The average Bonchev–Trinajstić information content (AvgIpc) is 3.45. The van der Waals surface area contributed by atoms with Gasteiger partial charge in [-0.05, 0) is 42.0 Å². The Labute approximate surface area is 204 Å². The van der Waals surface area contributed by atoms with Crippen molar-refractivity contribution in [3.05, 3.63) is 90.4 Å². The van der Waals surface area contributed by atoms with Gasteiger partial charge in [-0.15, -0.1) is 0 Å². The topological polar surface area (TPSA) is 129 Å². The molecule has 11 heteroatoms. The minimum absolute atomic E-state index is 0.0281. The molecule has 3 N–H and O–H groups in total. The molecule has 5 rings (SSSR count). The first-order valence-corrected chi connectivity index (χ1v) is 10.8. The van der Waals surface area contributed by atoms with Gasteiger partial charge in [-0.2, -0.15) is 5.10 Å². The van der Waals surface area contributed by atoms with Crippen molar-refractivity contribution in [3.63, 3.8) is 0 Å². The van der Waals surface area contributed by atoms with Gasteiger partial charge in [0, 0.05) is 36.8 Å². The lowest BCUT2D eigenvalue weighted by atomic mass is 10.1. The van der Waals surface area contributed by atoms with E-state index in [0.717, 1.165) is 11.1 Å². The van der Waals surface area contributed by atoms with E-state index in [-0.39, 0.29) is 29.5 Å². The molecule has 0 saturated heterocycles. The van der Waals surface area contributed by atoms with Gasteiger partial charge in [-0.1, -0.05) is 6.07 Å². The number of rotatable bonds is 7. The zero-order chi connectivity index (χ0) is 25.2. The molecule has 10 nitrogen and oxygen atoms in total. The quantitative estimate of drug-likeness (QED) is 0.364. The van der Waals surface area contributed by atoms with Crippen LogP contribution < -0.4 is 15.8 Å². The number of halogens is 1. The van der Waals surface area contributed by atoms with Gasteiger partial charge < -0.3 is 20.2 Å². The van der Waals surface area contributed by atoms with Crippen LogP contribution in [0.3, 0.4) is 0 Å². The molecule has 1 aromatic carbocycles. The first-order valence-electron chi connectivity index (χ1n) is 10.8. The molecular weight excluding hydrogens is 465 g/mol. The second-order valence-corrected chi connectivity index (χ2v) is 8.02. The van der Waals surface area contributed by atoms with Crippen molar-refractivity contribution in [2.75, 3.05) is 5.32 Å². The van der Waals surface area contributed by atoms with Gasteiger partial charge in [-0.3, -0.25) is 14.3 Å². The highest BCUT2D eigenvalue weighted by molar-refractivity contribution is 5.95. The summed E-state index contributed by atoms with van der Waals surface area (Å²) in [7, 11) is 1.85. The molecule has 0 atom stereocenters. The van der Waals surface area contributed by atoms with Crippen LogP contribution in [-0.2, 0) is 18.3 Å². The smallest absolute Gasteiger partial charge is 0.254 e. The Kier molecular flexibility index (Phi) is 5.87. The molecule has 0 radical (unpaired) electrons. The largest absolute Gasteiger partial charge is 0.435 e. The first-order chi connectivity index (χ1) is 17.4. The SMILES string of the molecule is Cn1cc(-c2ccc3nc(NC(=O)Cc4ccc(Oc5ncccc5C(N)=O)c(F)c4)cn3c2)cn1. The molecule has 0 spiro atoms. The van der Waals surface area contributed by atoms with E-state index in [2.05, 4.69) is 20.4 Å². The van der Waals surface area contributed by atoms with Crippen LogP contribution in [-0.4, -0.2) is 36.0 Å². The number of imidazole rings is 1. The number of amides is 2. The van der Waals surface area contributed by atoms with Crippen LogP contribution in [0.5, 0.6) is 11.6 Å². The van der Waals surface area contributed by atoms with Crippen molar-refractivity contribution < 1.29 is 18.7 Å². The van der Waals surface area contributed by atoms with Crippen LogP contribution in [0.15, 0.2) is 73.4 Å². The Morgan fingerprint density at radius 2 is 1.97 bits per heavy atom. The van der Waals surface area contributed by atoms with Gasteiger partial charge in [-0.25, -0.2) is 14.4 Å². The fourth-order valence-corrected chi connectivity index (χ4v) is 3.67. The van der Waals surface area contributed by atoms with Gasteiger partial charge in [0.25, 0.3) is 5.91 Å². The number of carbonyl (C=O) groups is 2. The molecular formula is C25H20FN7O3. The number of anilines is 1. The van der Waals surface area contributed by atoms with Gasteiger partial charge in [0.2, 0.25) is 11.8 Å². The number of nitrogens with one attached hydrogen (secondary N) is 1. The number of hydrogen-bond donors (Lipinski definition) is 2. The van der Waals surface area contributed by atoms with Gasteiger partial charge >= 0.3 is 0 Å². The number of primary amides is 1. The molecule has 0 aliphatic heterocycles. The highest BCUT2D eigenvalue weighted by Gasteiger charge is 2.15. The maximum atomic E-state index is 14.6. The second-order valence-electron chi connectivity index (χ2n) is 8.02. The molecule has 180 valence electrons. The van der Waals surface area contributed by atoms with Crippen LogP contribution in [0.25, 0.3) is 16.8 Å². The minimum atomic E-state index is -0.743. The summed E-state index contributed by atoms with van der Waals surface area (Å²) in [6, 6.07) is 10.8. The van der Waals surface area contributed by atoms with E-state index in [4.69, 9.17) is 10.5 Å². The molecule has 36 heavy (non-hydrogen) atoms. The first kappa shape index (κ1) is 22.7. The van der Waals surface area contributed by atoms with Crippen molar-refractivity contribution in [1.82, 2.24) is 24.1 Å². The molecule has 0 saturated carbocycles. The van der Waals surface area contributed by atoms with Crippen LogP contribution in [0.2, 0.25) is 0 Å². The molecule has 0 aliphatic carbocycles. The van der Waals surface area contributed by atoms with Crippen molar-refractivity contribution in [1.29, 1.82) is 0 Å². The normalized spacial score (nSPS) is 10.9. The summed E-state index contributed by atoms with van der Waals surface area (Å²) >= 11 is 0. The maximum Gasteiger partial charge on any atom is 0.254 e. The lowest BCUT2D eigenvalue weighted by Crippen LogP contribution is -2.15. The maximum absolute atomic E-state index is 14.6. The van der Waals surface area contributed by atoms with E-state index in [0.29, 0.717) is 17.0 Å². The van der Waals surface area contributed by atoms with Crippen molar-refractivity contribution in [3.8, 4) is 22.8 Å². The van der Waals surface area contributed by atoms with Crippen LogP contribution in [0, 0.1) is 5.82 Å². The number of hydrogen-bond acceptors (Lipinski definition) is 6. The van der Waals surface area contributed by atoms with Gasteiger partial charge in [0.05, 0.1) is 18.8 Å². The number of nitrogens with zero attached hydrogens (tertiary/aromatic N) is 5. The third-order valence-electron chi connectivity index (χ3n) is 5.36. The Morgan fingerprint density at radius 1 is 1.11 bits per heavy atom. The summed E-state index contributed by atoms with van der Waals surface area (Å²) < 4.78 is 23.6. The summed E-state index contributed by atoms with van der Waals surface area (Å²) in [5.74, 6) is -1.69. The number of ether oxygens (including phenoxy) is 1. The summed E-state index contributed by atoms with van der Waals surface area (Å²) in [5, 5.41) is 6.91. The van der Waals surface area contributed by atoms with E-state index in [1.807, 2.05) is 36.0 Å².